The fraction of sp³-hybridized carbons (Fsp3) is 0.462. The molecule has 2 rings (SSSR count). The minimum atomic E-state index is -0.517. The van der Waals surface area contributed by atoms with Crippen LogP contribution >= 0.6 is 0 Å². The molecule has 2 aromatic heterocycles. The molecule has 0 aromatic carbocycles. The van der Waals surface area contributed by atoms with Gasteiger partial charge in [0.05, 0.1) is 6.54 Å². The molecule has 108 valence electrons. The van der Waals surface area contributed by atoms with Crippen molar-refractivity contribution in [1.29, 1.82) is 0 Å². The van der Waals surface area contributed by atoms with Gasteiger partial charge in [0.2, 0.25) is 0 Å². The average molecular weight is 279 g/mol. The SMILES string of the molecule is CC(C)(C)OC(=O)NCCOc1noc2cccnc12. The Hall–Kier alpha value is -2.31. The highest BCUT2D eigenvalue weighted by molar-refractivity contribution is 5.76. The van der Waals surface area contributed by atoms with E-state index < -0.39 is 11.7 Å². The van der Waals surface area contributed by atoms with E-state index in [0.29, 0.717) is 23.5 Å². The van der Waals surface area contributed by atoms with Gasteiger partial charge in [-0.1, -0.05) is 0 Å². The Balaban J connectivity index is 1.78. The summed E-state index contributed by atoms with van der Waals surface area (Å²) in [6.07, 6.45) is 1.15. The second kappa shape index (κ2) is 5.77. The molecule has 0 aliphatic rings. The molecule has 0 aliphatic heterocycles. The summed E-state index contributed by atoms with van der Waals surface area (Å²) >= 11 is 0. The number of pyridine rings is 1. The summed E-state index contributed by atoms with van der Waals surface area (Å²) in [6, 6.07) is 3.50. The van der Waals surface area contributed by atoms with Gasteiger partial charge in [-0.15, -0.1) is 0 Å². The number of hydrogen-bond donors (Lipinski definition) is 1. The predicted molar refractivity (Wildman–Crippen MR) is 71.5 cm³/mol. The van der Waals surface area contributed by atoms with Crippen LogP contribution in [0.2, 0.25) is 0 Å². The lowest BCUT2D eigenvalue weighted by molar-refractivity contribution is 0.0520. The molecule has 0 unspecified atom stereocenters. The summed E-state index contributed by atoms with van der Waals surface area (Å²) in [5.74, 6) is 0.312. The molecule has 0 bridgehead atoms. The molecule has 2 aromatic rings. The zero-order valence-corrected chi connectivity index (χ0v) is 11.7. The molecule has 0 fully saturated rings. The van der Waals surface area contributed by atoms with E-state index in [0.717, 1.165) is 0 Å². The van der Waals surface area contributed by atoms with Crippen LogP contribution in [0.3, 0.4) is 0 Å². The van der Waals surface area contributed by atoms with Crippen LogP contribution in [0.25, 0.3) is 11.1 Å². The van der Waals surface area contributed by atoms with E-state index in [2.05, 4.69) is 15.5 Å². The van der Waals surface area contributed by atoms with E-state index in [1.54, 1.807) is 39.1 Å². The van der Waals surface area contributed by atoms with E-state index in [-0.39, 0.29) is 6.61 Å². The first-order valence-corrected chi connectivity index (χ1v) is 6.26. The van der Waals surface area contributed by atoms with Gasteiger partial charge in [-0.25, -0.2) is 9.78 Å². The minimum absolute atomic E-state index is 0.247. The number of amides is 1. The Labute approximate surface area is 116 Å². The molecular formula is C13H17N3O4. The molecule has 0 aliphatic carbocycles. The molecule has 0 saturated carbocycles. The Morgan fingerprint density at radius 1 is 1.45 bits per heavy atom. The molecule has 1 N–H and O–H groups in total. The van der Waals surface area contributed by atoms with Crippen LogP contribution in [0.1, 0.15) is 20.8 Å². The van der Waals surface area contributed by atoms with Crippen molar-refractivity contribution in [3.05, 3.63) is 18.3 Å². The third kappa shape index (κ3) is 3.84. The molecule has 2 heterocycles. The molecule has 0 radical (unpaired) electrons. The summed E-state index contributed by atoms with van der Waals surface area (Å²) in [7, 11) is 0. The lowest BCUT2D eigenvalue weighted by Gasteiger charge is -2.19. The number of fused-ring (bicyclic) bond motifs is 1. The number of nitrogens with one attached hydrogen (secondary N) is 1. The number of ether oxygens (including phenoxy) is 2. The van der Waals surface area contributed by atoms with E-state index in [1.165, 1.54) is 0 Å². The number of carbonyl (C=O) groups is 1. The van der Waals surface area contributed by atoms with Gasteiger partial charge in [-0.05, 0) is 38.1 Å². The van der Waals surface area contributed by atoms with Crippen LogP contribution in [0.4, 0.5) is 4.79 Å². The molecule has 0 saturated heterocycles. The van der Waals surface area contributed by atoms with Gasteiger partial charge in [-0.2, -0.15) is 0 Å². The number of aromatic nitrogens is 2. The number of nitrogens with zero attached hydrogens (tertiary/aromatic N) is 2. The largest absolute Gasteiger partial charge is 0.472 e. The van der Waals surface area contributed by atoms with Crippen LogP contribution < -0.4 is 10.1 Å². The lowest BCUT2D eigenvalue weighted by Crippen LogP contribution is -2.34. The van der Waals surface area contributed by atoms with Crippen LogP contribution in [0, 0.1) is 0 Å². The third-order valence-corrected chi connectivity index (χ3v) is 2.21. The summed E-state index contributed by atoms with van der Waals surface area (Å²) in [5.41, 5.74) is 0.601. The normalized spacial score (nSPS) is 11.3. The third-order valence-electron chi connectivity index (χ3n) is 2.21. The Morgan fingerprint density at radius 2 is 2.25 bits per heavy atom. The van der Waals surface area contributed by atoms with E-state index in [4.69, 9.17) is 14.0 Å². The minimum Gasteiger partial charge on any atom is -0.472 e. The zero-order chi connectivity index (χ0) is 14.6. The topological polar surface area (TPSA) is 86.5 Å². The summed E-state index contributed by atoms with van der Waals surface area (Å²) in [5, 5.41) is 6.35. The maximum Gasteiger partial charge on any atom is 0.407 e. The highest BCUT2D eigenvalue weighted by Gasteiger charge is 2.15. The van der Waals surface area contributed by atoms with Crippen molar-refractivity contribution < 1.29 is 18.8 Å². The smallest absolute Gasteiger partial charge is 0.407 e. The van der Waals surface area contributed by atoms with Gasteiger partial charge in [0.1, 0.15) is 12.2 Å². The van der Waals surface area contributed by atoms with Gasteiger partial charge in [0, 0.05) is 6.20 Å². The second-order valence-electron chi connectivity index (χ2n) is 5.12. The Kier molecular flexibility index (Phi) is 4.07. The Bertz CT molecular complexity index is 589. The highest BCUT2D eigenvalue weighted by atomic mass is 16.6. The molecule has 20 heavy (non-hydrogen) atoms. The maximum absolute atomic E-state index is 11.4. The standard InChI is InChI=1S/C13H17N3O4/c1-13(2,3)19-12(17)15-7-8-18-11-10-9(20-16-11)5-4-6-14-10/h4-6H,7-8H2,1-3H3,(H,15,17). The van der Waals surface area contributed by atoms with Gasteiger partial charge in [0.15, 0.2) is 11.1 Å². The zero-order valence-electron chi connectivity index (χ0n) is 11.7. The summed E-state index contributed by atoms with van der Waals surface area (Å²) < 4.78 is 15.5. The summed E-state index contributed by atoms with van der Waals surface area (Å²) in [6.45, 7) is 5.95. The van der Waals surface area contributed by atoms with Crippen molar-refractivity contribution in [1.82, 2.24) is 15.5 Å². The van der Waals surface area contributed by atoms with Gasteiger partial charge < -0.3 is 19.3 Å². The first kappa shape index (κ1) is 14.1. The van der Waals surface area contributed by atoms with E-state index in [9.17, 15) is 4.79 Å². The Morgan fingerprint density at radius 3 is 3.00 bits per heavy atom. The lowest BCUT2D eigenvalue weighted by atomic mass is 10.2. The highest BCUT2D eigenvalue weighted by Crippen LogP contribution is 2.21. The van der Waals surface area contributed by atoms with E-state index in [1.807, 2.05) is 0 Å². The number of hydrogen-bond acceptors (Lipinski definition) is 6. The van der Waals surface area contributed by atoms with Gasteiger partial charge in [-0.3, -0.25) is 0 Å². The average Bonchev–Trinajstić information content (AvgIpc) is 2.76. The molecule has 0 atom stereocenters. The fourth-order valence-electron chi connectivity index (χ4n) is 1.47. The van der Waals surface area contributed by atoms with Crippen LogP contribution in [-0.4, -0.2) is 35.0 Å². The molecule has 1 amide bonds. The molecule has 7 nitrogen and oxygen atoms in total. The van der Waals surface area contributed by atoms with Gasteiger partial charge in [0.25, 0.3) is 5.88 Å². The second-order valence-corrected chi connectivity index (χ2v) is 5.12. The maximum atomic E-state index is 11.4. The number of carbonyl (C=O) groups excluding carboxylic acids is 1. The molecule has 7 heteroatoms. The number of alkyl carbamates (subject to hydrolysis) is 1. The van der Waals surface area contributed by atoms with Crippen LogP contribution in [0.15, 0.2) is 22.9 Å². The molecule has 0 spiro atoms. The molecular weight excluding hydrogens is 262 g/mol. The van der Waals surface area contributed by atoms with Gasteiger partial charge >= 0.3 is 6.09 Å². The van der Waals surface area contributed by atoms with Crippen molar-refractivity contribution in [2.45, 2.75) is 26.4 Å². The van der Waals surface area contributed by atoms with Crippen molar-refractivity contribution in [2.75, 3.05) is 13.2 Å². The van der Waals surface area contributed by atoms with Crippen molar-refractivity contribution >= 4 is 17.2 Å². The first-order chi connectivity index (χ1) is 9.46. The van der Waals surface area contributed by atoms with E-state index >= 15 is 0 Å². The van der Waals surface area contributed by atoms with Crippen molar-refractivity contribution in [3.8, 4) is 5.88 Å². The first-order valence-electron chi connectivity index (χ1n) is 6.26. The quantitative estimate of drug-likeness (QED) is 0.863. The van der Waals surface area contributed by atoms with Crippen molar-refractivity contribution in [3.63, 3.8) is 0 Å². The number of rotatable bonds is 4. The predicted octanol–water partition coefficient (Wildman–Crippen LogP) is 2.13. The van der Waals surface area contributed by atoms with Crippen LogP contribution in [0.5, 0.6) is 5.88 Å². The van der Waals surface area contributed by atoms with Crippen molar-refractivity contribution in [2.24, 2.45) is 0 Å². The summed E-state index contributed by atoms with van der Waals surface area (Å²) in [4.78, 5) is 15.5. The fourth-order valence-corrected chi connectivity index (χ4v) is 1.47. The van der Waals surface area contributed by atoms with Crippen LogP contribution in [-0.2, 0) is 4.74 Å². The monoisotopic (exact) mass is 279 g/mol.